The van der Waals surface area contributed by atoms with Crippen LogP contribution < -0.4 is 5.32 Å². The molecule has 0 aliphatic carbocycles. The standard InChI is InChI=1S/C13H22BrNO/c1-10(2)9-15-8-7-13(3,4)11-5-6-12(14)16-11/h5-6,10,15H,7-9H2,1-4H3. The van der Waals surface area contributed by atoms with Crippen LogP contribution in [0.3, 0.4) is 0 Å². The van der Waals surface area contributed by atoms with E-state index in [1.807, 2.05) is 12.1 Å². The fraction of sp³-hybridized carbons (Fsp3) is 0.692. The molecule has 1 aromatic rings. The molecule has 1 N–H and O–H groups in total. The lowest BCUT2D eigenvalue weighted by atomic mass is 9.86. The summed E-state index contributed by atoms with van der Waals surface area (Å²) in [6.45, 7) is 11.0. The van der Waals surface area contributed by atoms with E-state index in [0.717, 1.165) is 29.9 Å². The Kier molecular flexibility index (Phi) is 5.06. The fourth-order valence-corrected chi connectivity index (χ4v) is 1.90. The van der Waals surface area contributed by atoms with Gasteiger partial charge in [0.2, 0.25) is 0 Å². The summed E-state index contributed by atoms with van der Waals surface area (Å²) in [5, 5.41) is 3.46. The summed E-state index contributed by atoms with van der Waals surface area (Å²) in [6, 6.07) is 4.01. The van der Waals surface area contributed by atoms with Crippen LogP contribution in [0, 0.1) is 5.92 Å². The Morgan fingerprint density at radius 2 is 2.06 bits per heavy atom. The maximum atomic E-state index is 5.62. The van der Waals surface area contributed by atoms with Gasteiger partial charge in [-0.2, -0.15) is 0 Å². The molecule has 0 saturated carbocycles. The van der Waals surface area contributed by atoms with E-state index in [-0.39, 0.29) is 5.41 Å². The van der Waals surface area contributed by atoms with Crippen LogP contribution >= 0.6 is 15.9 Å². The highest BCUT2D eigenvalue weighted by molar-refractivity contribution is 9.10. The van der Waals surface area contributed by atoms with Gasteiger partial charge in [-0.1, -0.05) is 27.7 Å². The van der Waals surface area contributed by atoms with Crippen molar-refractivity contribution >= 4 is 15.9 Å². The molecule has 2 nitrogen and oxygen atoms in total. The molecule has 0 aliphatic heterocycles. The quantitative estimate of drug-likeness (QED) is 0.802. The van der Waals surface area contributed by atoms with Gasteiger partial charge in [-0.05, 0) is 53.5 Å². The Morgan fingerprint density at radius 1 is 1.38 bits per heavy atom. The third-order valence-corrected chi connectivity index (χ3v) is 3.15. The number of nitrogens with one attached hydrogen (secondary N) is 1. The van der Waals surface area contributed by atoms with Crippen molar-refractivity contribution in [2.75, 3.05) is 13.1 Å². The zero-order valence-corrected chi connectivity index (χ0v) is 12.2. The van der Waals surface area contributed by atoms with Gasteiger partial charge >= 0.3 is 0 Å². The van der Waals surface area contributed by atoms with Crippen LogP contribution in [0.2, 0.25) is 0 Å². The molecule has 0 spiro atoms. The molecule has 0 saturated heterocycles. The largest absolute Gasteiger partial charge is 0.454 e. The monoisotopic (exact) mass is 287 g/mol. The molecule has 0 atom stereocenters. The van der Waals surface area contributed by atoms with E-state index in [4.69, 9.17) is 4.42 Å². The van der Waals surface area contributed by atoms with Crippen LogP contribution in [0.1, 0.15) is 39.9 Å². The Labute approximate surface area is 107 Å². The number of hydrogen-bond acceptors (Lipinski definition) is 2. The summed E-state index contributed by atoms with van der Waals surface area (Å²) in [6.07, 6.45) is 1.08. The molecule has 92 valence electrons. The lowest BCUT2D eigenvalue weighted by Crippen LogP contribution is -2.27. The molecule has 0 radical (unpaired) electrons. The molecular formula is C13H22BrNO. The van der Waals surface area contributed by atoms with E-state index in [1.54, 1.807) is 0 Å². The predicted molar refractivity (Wildman–Crippen MR) is 71.8 cm³/mol. The summed E-state index contributed by atoms with van der Waals surface area (Å²) < 4.78 is 6.43. The number of hydrogen-bond donors (Lipinski definition) is 1. The summed E-state index contributed by atoms with van der Waals surface area (Å²) in [5.41, 5.74) is 0.0933. The Bertz CT molecular complexity index is 317. The van der Waals surface area contributed by atoms with Gasteiger partial charge in [-0.25, -0.2) is 0 Å². The molecule has 1 heterocycles. The summed E-state index contributed by atoms with van der Waals surface area (Å²) in [4.78, 5) is 0. The van der Waals surface area contributed by atoms with Gasteiger partial charge in [0, 0.05) is 5.41 Å². The lowest BCUT2D eigenvalue weighted by molar-refractivity contribution is 0.348. The lowest BCUT2D eigenvalue weighted by Gasteiger charge is -2.22. The zero-order valence-electron chi connectivity index (χ0n) is 10.6. The number of rotatable bonds is 6. The van der Waals surface area contributed by atoms with Crippen molar-refractivity contribution in [3.05, 3.63) is 22.6 Å². The minimum Gasteiger partial charge on any atom is -0.454 e. The van der Waals surface area contributed by atoms with Crippen LogP contribution in [0.15, 0.2) is 21.2 Å². The summed E-state index contributed by atoms with van der Waals surface area (Å²) >= 11 is 3.34. The molecule has 0 amide bonds. The topological polar surface area (TPSA) is 25.2 Å². The first-order valence-corrected chi connectivity index (χ1v) is 6.67. The fourth-order valence-electron chi connectivity index (χ4n) is 1.59. The van der Waals surface area contributed by atoms with Crippen molar-refractivity contribution in [2.45, 2.75) is 39.5 Å². The number of halogens is 1. The molecule has 0 aromatic carbocycles. The van der Waals surface area contributed by atoms with Gasteiger partial charge in [-0.15, -0.1) is 0 Å². The Balaban J connectivity index is 2.40. The van der Waals surface area contributed by atoms with Crippen LogP contribution in [0.5, 0.6) is 0 Å². The van der Waals surface area contributed by atoms with Crippen LogP contribution in [0.4, 0.5) is 0 Å². The first-order valence-electron chi connectivity index (χ1n) is 5.88. The highest BCUT2D eigenvalue weighted by Crippen LogP contribution is 2.29. The van der Waals surface area contributed by atoms with Gasteiger partial charge in [0.25, 0.3) is 0 Å². The maximum absolute atomic E-state index is 5.62. The SMILES string of the molecule is CC(C)CNCCC(C)(C)c1ccc(Br)o1. The van der Waals surface area contributed by atoms with Crippen LogP contribution in [0.25, 0.3) is 0 Å². The maximum Gasteiger partial charge on any atom is 0.169 e. The smallest absolute Gasteiger partial charge is 0.169 e. The van der Waals surface area contributed by atoms with Crippen molar-refractivity contribution < 1.29 is 4.42 Å². The van der Waals surface area contributed by atoms with Gasteiger partial charge in [0.15, 0.2) is 4.67 Å². The highest BCUT2D eigenvalue weighted by atomic mass is 79.9. The van der Waals surface area contributed by atoms with E-state index in [9.17, 15) is 0 Å². The molecule has 0 bridgehead atoms. The second-order valence-corrected chi connectivity index (χ2v) is 6.12. The van der Waals surface area contributed by atoms with Crippen molar-refractivity contribution in [1.82, 2.24) is 5.32 Å². The minimum atomic E-state index is 0.0933. The summed E-state index contributed by atoms with van der Waals surface area (Å²) in [5.74, 6) is 1.76. The average Bonchev–Trinajstić information content (AvgIpc) is 2.60. The molecule has 0 aliphatic rings. The molecule has 1 aromatic heterocycles. The van der Waals surface area contributed by atoms with Gasteiger partial charge < -0.3 is 9.73 Å². The number of furan rings is 1. The molecule has 3 heteroatoms. The Hall–Kier alpha value is -0.280. The third kappa shape index (κ3) is 4.30. The van der Waals surface area contributed by atoms with Gasteiger partial charge in [0.1, 0.15) is 5.76 Å². The Morgan fingerprint density at radius 3 is 2.56 bits per heavy atom. The second-order valence-electron chi connectivity index (χ2n) is 5.34. The van der Waals surface area contributed by atoms with E-state index < -0.39 is 0 Å². The molecule has 1 rings (SSSR count). The van der Waals surface area contributed by atoms with Crippen LogP contribution in [-0.4, -0.2) is 13.1 Å². The van der Waals surface area contributed by atoms with Gasteiger partial charge in [-0.3, -0.25) is 0 Å². The molecule has 16 heavy (non-hydrogen) atoms. The summed E-state index contributed by atoms with van der Waals surface area (Å²) in [7, 11) is 0. The van der Waals surface area contributed by atoms with Crippen molar-refractivity contribution in [2.24, 2.45) is 5.92 Å². The average molecular weight is 288 g/mol. The van der Waals surface area contributed by atoms with Crippen molar-refractivity contribution in [3.63, 3.8) is 0 Å². The third-order valence-electron chi connectivity index (χ3n) is 2.72. The van der Waals surface area contributed by atoms with Crippen molar-refractivity contribution in [3.8, 4) is 0 Å². The van der Waals surface area contributed by atoms with Gasteiger partial charge in [0.05, 0.1) is 0 Å². The van der Waals surface area contributed by atoms with Crippen molar-refractivity contribution in [1.29, 1.82) is 0 Å². The van der Waals surface area contributed by atoms with E-state index in [2.05, 4.69) is 48.9 Å². The first kappa shape index (κ1) is 13.8. The zero-order chi connectivity index (χ0) is 12.2. The van der Waals surface area contributed by atoms with E-state index in [1.165, 1.54) is 0 Å². The molecular weight excluding hydrogens is 266 g/mol. The predicted octanol–water partition coefficient (Wildman–Crippen LogP) is 3.96. The first-order chi connectivity index (χ1) is 7.42. The van der Waals surface area contributed by atoms with Crippen LogP contribution in [-0.2, 0) is 5.41 Å². The minimum absolute atomic E-state index is 0.0933. The van der Waals surface area contributed by atoms with E-state index in [0.29, 0.717) is 5.92 Å². The van der Waals surface area contributed by atoms with E-state index >= 15 is 0 Å². The highest BCUT2D eigenvalue weighted by Gasteiger charge is 2.23. The molecule has 0 fully saturated rings. The normalized spacial score (nSPS) is 12.4. The molecule has 0 unspecified atom stereocenters. The second kappa shape index (κ2) is 5.87.